The third-order valence-electron chi connectivity index (χ3n) is 3.36. The summed E-state index contributed by atoms with van der Waals surface area (Å²) in [5.41, 5.74) is 0.728. The molecule has 4 heteroatoms. The lowest BCUT2D eigenvalue weighted by molar-refractivity contribution is -0.111. The molecule has 1 aliphatic rings. The highest BCUT2D eigenvalue weighted by Gasteiger charge is 2.18. The van der Waals surface area contributed by atoms with Crippen LogP contribution >= 0.6 is 11.6 Å². The summed E-state index contributed by atoms with van der Waals surface area (Å²) in [7, 11) is 0. The molecule has 0 aliphatic heterocycles. The van der Waals surface area contributed by atoms with E-state index in [1.165, 1.54) is 12.8 Å². The second-order valence-electron chi connectivity index (χ2n) is 4.54. The molecule has 0 radical (unpaired) electrons. The fourth-order valence-corrected chi connectivity index (χ4v) is 2.54. The maximum absolute atomic E-state index is 12.2. The Morgan fingerprint density at radius 3 is 2.76 bits per heavy atom. The number of rotatable bonds is 4. The molecular formula is C13H16ClNO2. The topological polar surface area (TPSA) is 39.1 Å². The van der Waals surface area contributed by atoms with Gasteiger partial charge in [0.2, 0.25) is 5.24 Å². The molecule has 1 saturated carbocycles. The van der Waals surface area contributed by atoms with Crippen molar-refractivity contribution in [1.29, 1.82) is 0 Å². The Bertz CT molecular complexity index is 461. The molecule has 0 N–H and O–H groups in total. The van der Waals surface area contributed by atoms with E-state index in [4.69, 9.17) is 11.6 Å². The van der Waals surface area contributed by atoms with Crippen molar-refractivity contribution in [3.05, 3.63) is 34.2 Å². The van der Waals surface area contributed by atoms with E-state index in [0.717, 1.165) is 12.8 Å². The van der Waals surface area contributed by atoms with Gasteiger partial charge in [0.15, 0.2) is 0 Å². The number of aryl methyl sites for hydroxylation is 1. The van der Waals surface area contributed by atoms with E-state index >= 15 is 0 Å². The van der Waals surface area contributed by atoms with E-state index in [0.29, 0.717) is 18.0 Å². The smallest absolute Gasteiger partial charge is 0.253 e. The predicted octanol–water partition coefficient (Wildman–Crippen LogP) is 2.66. The quantitative estimate of drug-likeness (QED) is 0.774. The molecule has 1 aromatic rings. The second-order valence-corrected chi connectivity index (χ2v) is 4.96. The molecule has 1 aromatic heterocycles. The van der Waals surface area contributed by atoms with Crippen molar-refractivity contribution in [2.45, 2.75) is 44.6 Å². The average Bonchev–Trinajstić information content (AvgIpc) is 2.81. The van der Waals surface area contributed by atoms with Crippen LogP contribution in [0, 0.1) is 0 Å². The Hall–Kier alpha value is -1.09. The Morgan fingerprint density at radius 1 is 1.41 bits per heavy atom. The largest absolute Gasteiger partial charge is 0.312 e. The molecule has 2 rings (SSSR count). The van der Waals surface area contributed by atoms with Crippen LogP contribution < -0.4 is 5.56 Å². The third-order valence-corrected chi connectivity index (χ3v) is 3.55. The van der Waals surface area contributed by atoms with Crippen molar-refractivity contribution in [3.8, 4) is 0 Å². The van der Waals surface area contributed by atoms with E-state index in [2.05, 4.69) is 0 Å². The van der Waals surface area contributed by atoms with Crippen molar-refractivity contribution in [2.75, 3.05) is 0 Å². The Morgan fingerprint density at radius 2 is 2.12 bits per heavy atom. The van der Waals surface area contributed by atoms with Crippen LogP contribution in [-0.4, -0.2) is 9.81 Å². The van der Waals surface area contributed by atoms with E-state index in [1.807, 2.05) is 16.8 Å². The number of halogens is 1. The Balaban J connectivity index is 2.20. The fraction of sp³-hybridized carbons (Fsp3) is 0.538. The van der Waals surface area contributed by atoms with E-state index < -0.39 is 0 Å². The average molecular weight is 254 g/mol. The number of carbonyl (C=O) groups is 1. The lowest BCUT2D eigenvalue weighted by Crippen LogP contribution is -2.25. The van der Waals surface area contributed by atoms with Crippen LogP contribution in [0.3, 0.4) is 0 Å². The first kappa shape index (κ1) is 12.4. The maximum Gasteiger partial charge on any atom is 0.253 e. The van der Waals surface area contributed by atoms with Gasteiger partial charge in [-0.2, -0.15) is 0 Å². The van der Waals surface area contributed by atoms with Gasteiger partial charge in [0.1, 0.15) is 0 Å². The SMILES string of the molecule is O=C(Cl)CCc1cccn(C2CCCC2)c1=O. The van der Waals surface area contributed by atoms with Gasteiger partial charge < -0.3 is 4.57 Å². The van der Waals surface area contributed by atoms with Crippen molar-refractivity contribution in [3.63, 3.8) is 0 Å². The van der Waals surface area contributed by atoms with Crippen LogP contribution in [0.5, 0.6) is 0 Å². The van der Waals surface area contributed by atoms with Gasteiger partial charge in [-0.05, 0) is 36.9 Å². The summed E-state index contributed by atoms with van der Waals surface area (Å²) in [4.78, 5) is 22.9. The van der Waals surface area contributed by atoms with E-state index in [9.17, 15) is 9.59 Å². The van der Waals surface area contributed by atoms with Gasteiger partial charge in [-0.25, -0.2) is 0 Å². The van der Waals surface area contributed by atoms with Gasteiger partial charge in [-0.3, -0.25) is 9.59 Å². The van der Waals surface area contributed by atoms with Crippen molar-refractivity contribution < 1.29 is 4.79 Å². The predicted molar refractivity (Wildman–Crippen MR) is 67.4 cm³/mol. The molecule has 1 heterocycles. The lowest BCUT2D eigenvalue weighted by atomic mass is 10.1. The molecule has 0 aromatic carbocycles. The van der Waals surface area contributed by atoms with Gasteiger partial charge in [0, 0.05) is 24.2 Å². The lowest BCUT2D eigenvalue weighted by Gasteiger charge is -2.14. The number of hydrogen-bond donors (Lipinski definition) is 0. The molecular weight excluding hydrogens is 238 g/mol. The fourth-order valence-electron chi connectivity index (χ4n) is 2.45. The van der Waals surface area contributed by atoms with Gasteiger partial charge in [0.25, 0.3) is 5.56 Å². The first-order chi connectivity index (χ1) is 8.18. The molecule has 1 fully saturated rings. The summed E-state index contributed by atoms with van der Waals surface area (Å²) in [6, 6.07) is 4.01. The normalized spacial score (nSPS) is 16.3. The summed E-state index contributed by atoms with van der Waals surface area (Å²) >= 11 is 5.30. The van der Waals surface area contributed by atoms with E-state index in [1.54, 1.807) is 6.07 Å². The number of hydrogen-bond acceptors (Lipinski definition) is 2. The zero-order valence-electron chi connectivity index (χ0n) is 9.69. The highest BCUT2D eigenvalue weighted by Crippen LogP contribution is 2.28. The minimum Gasteiger partial charge on any atom is -0.312 e. The molecule has 0 saturated heterocycles. The molecule has 0 unspecified atom stereocenters. The monoisotopic (exact) mass is 253 g/mol. The number of carbonyl (C=O) groups excluding carboxylic acids is 1. The zero-order chi connectivity index (χ0) is 12.3. The van der Waals surface area contributed by atoms with Crippen molar-refractivity contribution in [2.24, 2.45) is 0 Å². The highest BCUT2D eigenvalue weighted by molar-refractivity contribution is 6.63. The van der Waals surface area contributed by atoms with Gasteiger partial charge in [-0.1, -0.05) is 18.9 Å². The summed E-state index contributed by atoms with van der Waals surface area (Å²) in [5, 5.41) is -0.388. The van der Waals surface area contributed by atoms with Gasteiger partial charge >= 0.3 is 0 Å². The first-order valence-electron chi connectivity index (χ1n) is 6.07. The van der Waals surface area contributed by atoms with Crippen LogP contribution in [0.1, 0.15) is 43.7 Å². The van der Waals surface area contributed by atoms with Crippen molar-refractivity contribution >= 4 is 16.8 Å². The Labute approximate surface area is 105 Å². The molecule has 0 amide bonds. The van der Waals surface area contributed by atoms with Crippen LogP contribution in [0.4, 0.5) is 0 Å². The Kier molecular flexibility index (Phi) is 4.00. The summed E-state index contributed by atoms with van der Waals surface area (Å²) < 4.78 is 1.82. The summed E-state index contributed by atoms with van der Waals surface area (Å²) in [5.74, 6) is 0. The maximum atomic E-state index is 12.2. The van der Waals surface area contributed by atoms with Crippen LogP contribution in [0.15, 0.2) is 23.1 Å². The summed E-state index contributed by atoms with van der Waals surface area (Å²) in [6.07, 6.45) is 7.07. The molecule has 0 bridgehead atoms. The number of pyridine rings is 1. The molecule has 92 valence electrons. The number of nitrogens with zero attached hydrogens (tertiary/aromatic N) is 1. The second kappa shape index (κ2) is 5.50. The van der Waals surface area contributed by atoms with Crippen LogP contribution in [0.25, 0.3) is 0 Å². The number of aromatic nitrogens is 1. The molecule has 3 nitrogen and oxygen atoms in total. The first-order valence-corrected chi connectivity index (χ1v) is 6.44. The summed E-state index contributed by atoms with van der Waals surface area (Å²) in [6.45, 7) is 0. The standard InChI is InChI=1S/C13H16ClNO2/c14-12(16)8-7-10-4-3-9-15(13(10)17)11-5-1-2-6-11/h3-4,9,11H,1-2,5-8H2. The molecule has 17 heavy (non-hydrogen) atoms. The van der Waals surface area contributed by atoms with Gasteiger partial charge in [0.05, 0.1) is 0 Å². The molecule has 0 atom stereocenters. The third kappa shape index (κ3) is 2.97. The van der Waals surface area contributed by atoms with Crippen molar-refractivity contribution in [1.82, 2.24) is 4.57 Å². The van der Waals surface area contributed by atoms with Crippen LogP contribution in [0.2, 0.25) is 0 Å². The van der Waals surface area contributed by atoms with Gasteiger partial charge in [-0.15, -0.1) is 0 Å². The minimum absolute atomic E-state index is 0.0392. The van der Waals surface area contributed by atoms with E-state index in [-0.39, 0.29) is 17.2 Å². The molecule has 0 spiro atoms. The minimum atomic E-state index is -0.388. The zero-order valence-corrected chi connectivity index (χ0v) is 10.4. The highest BCUT2D eigenvalue weighted by atomic mass is 35.5. The molecule has 1 aliphatic carbocycles. The van der Waals surface area contributed by atoms with Crippen LogP contribution in [-0.2, 0) is 11.2 Å².